The van der Waals surface area contributed by atoms with Crippen LogP contribution >= 0.6 is 0 Å². The van der Waals surface area contributed by atoms with E-state index in [1.165, 1.54) is 36.4 Å². The lowest BCUT2D eigenvalue weighted by Crippen LogP contribution is -2.11. The Kier molecular flexibility index (Phi) is 5.78. The maximum atomic E-state index is 11.7. The fourth-order valence-electron chi connectivity index (χ4n) is 1.82. The number of carbonyl (C=O) groups is 4. The Morgan fingerprint density at radius 2 is 1.32 bits per heavy atom. The molecule has 2 aromatic carbocycles. The van der Waals surface area contributed by atoms with Gasteiger partial charge in [-0.25, -0.2) is 14.4 Å². The number of carboxylic acid groups (broad SMARTS) is 1. The molecule has 0 aliphatic carbocycles. The molecule has 0 bridgehead atoms. The Balaban J connectivity index is 2.02. The second-order valence-electron chi connectivity index (χ2n) is 4.63. The van der Waals surface area contributed by atoms with Crippen LogP contribution in [0.4, 0.5) is 0 Å². The summed E-state index contributed by atoms with van der Waals surface area (Å²) in [5.41, 5.74) is -0.00560. The lowest BCUT2D eigenvalue weighted by Gasteiger charge is -2.05. The maximum Gasteiger partial charge on any atom is 0.339 e. The van der Waals surface area contributed by atoms with Crippen LogP contribution in [0.25, 0.3) is 0 Å². The fourth-order valence-corrected chi connectivity index (χ4v) is 1.82. The van der Waals surface area contributed by atoms with E-state index in [9.17, 15) is 19.2 Å². The molecule has 2 rings (SSSR count). The minimum absolute atomic E-state index is 0.0525. The molecule has 7 heteroatoms. The number of carbonyl (C=O) groups excluding carboxylic acids is 3. The van der Waals surface area contributed by atoms with Crippen LogP contribution in [0.15, 0.2) is 60.7 Å². The van der Waals surface area contributed by atoms with Gasteiger partial charge in [-0.15, -0.1) is 0 Å². The maximum absolute atomic E-state index is 11.7. The fraction of sp³-hybridized carbons (Fsp3) is 0. The summed E-state index contributed by atoms with van der Waals surface area (Å²) in [6.07, 6.45) is 2.14. The minimum Gasteiger partial charge on any atom is -0.478 e. The van der Waals surface area contributed by atoms with Crippen LogP contribution in [0.1, 0.15) is 20.7 Å². The van der Waals surface area contributed by atoms with Gasteiger partial charge in [0.2, 0.25) is 0 Å². The van der Waals surface area contributed by atoms with Crippen LogP contribution in [0, 0.1) is 0 Å². The molecule has 0 fully saturated rings. The first-order chi connectivity index (χ1) is 12.0. The van der Waals surface area contributed by atoms with Gasteiger partial charge in [0.05, 0.1) is 5.56 Å². The van der Waals surface area contributed by atoms with Gasteiger partial charge in [-0.3, -0.25) is 4.79 Å². The number of hydrogen-bond donors (Lipinski definition) is 1. The van der Waals surface area contributed by atoms with Crippen molar-refractivity contribution in [3.63, 3.8) is 0 Å². The van der Waals surface area contributed by atoms with E-state index in [2.05, 4.69) is 0 Å². The van der Waals surface area contributed by atoms with E-state index in [4.69, 9.17) is 14.6 Å². The third-order valence-corrected chi connectivity index (χ3v) is 2.94. The molecule has 0 saturated heterocycles. The van der Waals surface area contributed by atoms with Gasteiger partial charge < -0.3 is 14.6 Å². The molecule has 2 aromatic rings. The van der Waals surface area contributed by atoms with Crippen LogP contribution in [-0.2, 0) is 9.59 Å². The third kappa shape index (κ3) is 4.87. The highest BCUT2D eigenvalue weighted by molar-refractivity contribution is 5.96. The Morgan fingerprint density at radius 3 is 1.92 bits per heavy atom. The van der Waals surface area contributed by atoms with Crippen LogP contribution < -0.4 is 9.47 Å². The average Bonchev–Trinajstić information content (AvgIpc) is 2.60. The zero-order chi connectivity index (χ0) is 18.2. The summed E-state index contributed by atoms with van der Waals surface area (Å²) in [6.45, 7) is 0. The SMILES string of the molecule is O=Cc1ccccc1OC(=O)/C=C/C(=O)Oc1ccccc1C(=O)O. The number of carboxylic acids is 1. The Morgan fingerprint density at radius 1 is 0.800 bits per heavy atom. The Hall–Kier alpha value is -3.74. The molecular weight excluding hydrogens is 328 g/mol. The number of esters is 2. The standard InChI is InChI=1S/C18H12O7/c19-11-12-5-1-3-7-14(12)24-16(20)9-10-17(21)25-15-8-4-2-6-13(15)18(22)23/h1-11H,(H,22,23)/b10-9+. The lowest BCUT2D eigenvalue weighted by molar-refractivity contribution is -0.131. The van der Waals surface area contributed by atoms with Crippen LogP contribution in [0.3, 0.4) is 0 Å². The summed E-state index contributed by atoms with van der Waals surface area (Å²) >= 11 is 0. The highest BCUT2D eigenvalue weighted by atomic mass is 16.5. The molecule has 0 spiro atoms. The van der Waals surface area contributed by atoms with Gasteiger partial charge in [-0.2, -0.15) is 0 Å². The first-order valence-corrected chi connectivity index (χ1v) is 6.99. The quantitative estimate of drug-likeness (QED) is 0.372. The van der Waals surface area contributed by atoms with E-state index in [-0.39, 0.29) is 22.6 Å². The summed E-state index contributed by atoms with van der Waals surface area (Å²) in [5.74, 6) is -3.19. The van der Waals surface area contributed by atoms with Crippen LogP contribution in [-0.4, -0.2) is 29.3 Å². The summed E-state index contributed by atoms with van der Waals surface area (Å²) in [5, 5.41) is 9.00. The van der Waals surface area contributed by atoms with Gasteiger partial charge in [-0.1, -0.05) is 24.3 Å². The van der Waals surface area contributed by atoms with Gasteiger partial charge in [0.25, 0.3) is 0 Å². The monoisotopic (exact) mass is 340 g/mol. The second-order valence-corrected chi connectivity index (χ2v) is 4.63. The molecule has 0 atom stereocenters. The third-order valence-electron chi connectivity index (χ3n) is 2.94. The van der Waals surface area contributed by atoms with Crippen molar-refractivity contribution in [3.05, 3.63) is 71.8 Å². The Labute approximate surface area is 142 Å². The molecule has 0 aliphatic heterocycles. The zero-order valence-electron chi connectivity index (χ0n) is 12.7. The number of rotatable bonds is 6. The topological polar surface area (TPSA) is 107 Å². The predicted molar refractivity (Wildman–Crippen MR) is 85.6 cm³/mol. The molecule has 1 N–H and O–H groups in total. The second kappa shape index (κ2) is 8.21. The van der Waals surface area contributed by atoms with Crippen molar-refractivity contribution < 1.29 is 33.8 Å². The van der Waals surface area contributed by atoms with E-state index in [1.807, 2.05) is 0 Å². The van der Waals surface area contributed by atoms with Crippen molar-refractivity contribution >= 4 is 24.2 Å². The van der Waals surface area contributed by atoms with Crippen molar-refractivity contribution in [1.82, 2.24) is 0 Å². The first-order valence-electron chi connectivity index (χ1n) is 6.99. The predicted octanol–water partition coefficient (Wildman–Crippen LogP) is 2.26. The lowest BCUT2D eigenvalue weighted by atomic mass is 10.2. The summed E-state index contributed by atoms with van der Waals surface area (Å²) in [6, 6.07) is 11.7. The normalized spacial score (nSPS) is 10.2. The Bertz CT molecular complexity index is 852. The molecule has 0 saturated carbocycles. The molecule has 25 heavy (non-hydrogen) atoms. The number of benzene rings is 2. The van der Waals surface area contributed by atoms with Gasteiger partial charge in [-0.05, 0) is 24.3 Å². The molecule has 0 amide bonds. The summed E-state index contributed by atoms with van der Waals surface area (Å²) < 4.78 is 9.82. The van der Waals surface area contributed by atoms with E-state index >= 15 is 0 Å². The van der Waals surface area contributed by atoms with Gasteiger partial charge in [0.15, 0.2) is 6.29 Å². The number of ether oxygens (including phenoxy) is 2. The highest BCUT2D eigenvalue weighted by Crippen LogP contribution is 2.18. The first kappa shape index (κ1) is 17.6. The van der Waals surface area contributed by atoms with E-state index in [0.717, 1.165) is 12.2 Å². The number of aromatic carboxylic acids is 1. The molecule has 0 heterocycles. The molecule has 0 aromatic heterocycles. The number of aldehydes is 1. The molecular formula is C18H12O7. The van der Waals surface area contributed by atoms with Crippen molar-refractivity contribution in [2.45, 2.75) is 0 Å². The highest BCUT2D eigenvalue weighted by Gasteiger charge is 2.13. The molecule has 0 aliphatic rings. The summed E-state index contributed by atoms with van der Waals surface area (Å²) in [7, 11) is 0. The van der Waals surface area contributed by atoms with E-state index in [1.54, 1.807) is 12.1 Å². The summed E-state index contributed by atoms with van der Waals surface area (Å²) in [4.78, 5) is 45.2. The number of hydrogen-bond acceptors (Lipinski definition) is 6. The van der Waals surface area contributed by atoms with Gasteiger partial charge in [0, 0.05) is 12.2 Å². The molecule has 0 radical (unpaired) electrons. The van der Waals surface area contributed by atoms with Gasteiger partial charge >= 0.3 is 17.9 Å². The molecule has 7 nitrogen and oxygen atoms in total. The zero-order valence-corrected chi connectivity index (χ0v) is 12.7. The molecule has 126 valence electrons. The van der Waals surface area contributed by atoms with Crippen molar-refractivity contribution in [2.75, 3.05) is 0 Å². The molecule has 0 unspecified atom stereocenters. The van der Waals surface area contributed by atoms with E-state index in [0.29, 0.717) is 6.29 Å². The van der Waals surface area contributed by atoms with Crippen molar-refractivity contribution in [2.24, 2.45) is 0 Å². The van der Waals surface area contributed by atoms with Crippen LogP contribution in [0.2, 0.25) is 0 Å². The van der Waals surface area contributed by atoms with E-state index < -0.39 is 17.9 Å². The van der Waals surface area contributed by atoms with Crippen LogP contribution in [0.5, 0.6) is 11.5 Å². The average molecular weight is 340 g/mol. The van der Waals surface area contributed by atoms with Crippen molar-refractivity contribution in [3.8, 4) is 11.5 Å². The van der Waals surface area contributed by atoms with Crippen molar-refractivity contribution in [1.29, 1.82) is 0 Å². The number of para-hydroxylation sites is 2. The smallest absolute Gasteiger partial charge is 0.339 e. The van der Waals surface area contributed by atoms with Gasteiger partial charge in [0.1, 0.15) is 17.1 Å². The largest absolute Gasteiger partial charge is 0.478 e. The minimum atomic E-state index is -1.25.